The van der Waals surface area contributed by atoms with E-state index in [-0.39, 0.29) is 22.9 Å². The molecule has 11 heteroatoms. The lowest BCUT2D eigenvalue weighted by atomic mass is 10.1. The van der Waals surface area contributed by atoms with Crippen molar-refractivity contribution in [3.63, 3.8) is 0 Å². The number of nitrogens with zero attached hydrogens (tertiary/aromatic N) is 3. The molecule has 4 rings (SSSR count). The maximum Gasteiger partial charge on any atom is 0.318 e. The molecule has 34 heavy (non-hydrogen) atoms. The van der Waals surface area contributed by atoms with Gasteiger partial charge in [-0.05, 0) is 35.5 Å². The number of thioether (sulfide) groups is 1. The van der Waals surface area contributed by atoms with E-state index in [0.29, 0.717) is 5.56 Å². The van der Waals surface area contributed by atoms with Crippen LogP contribution < -0.4 is 4.74 Å². The van der Waals surface area contributed by atoms with Gasteiger partial charge in [0.15, 0.2) is 0 Å². The summed E-state index contributed by atoms with van der Waals surface area (Å²) in [5.74, 6) is -0.488. The van der Waals surface area contributed by atoms with E-state index in [1.54, 1.807) is 18.2 Å². The number of carbonyl (C=O) groups excluding carboxylic acids is 2. The topological polar surface area (TPSA) is 133 Å². The average Bonchev–Trinajstić information content (AvgIpc) is 3.08. The van der Waals surface area contributed by atoms with Crippen molar-refractivity contribution in [2.45, 2.75) is 6.54 Å². The largest absolute Gasteiger partial charge is 0.449 e. The number of para-hydroxylation sites is 1. The first-order valence-electron chi connectivity index (χ1n) is 9.82. The fourth-order valence-corrected chi connectivity index (χ4v) is 4.03. The first kappa shape index (κ1) is 22.7. The summed E-state index contributed by atoms with van der Waals surface area (Å²) in [7, 11) is 0. The van der Waals surface area contributed by atoms with Gasteiger partial charge in [0.1, 0.15) is 5.75 Å². The maximum atomic E-state index is 12.9. The Morgan fingerprint density at radius 3 is 2.29 bits per heavy atom. The number of hydrogen-bond acceptors (Lipinski definition) is 8. The highest BCUT2D eigenvalue weighted by atomic mass is 32.2. The minimum Gasteiger partial charge on any atom is -0.449 e. The number of imide groups is 1. The molecule has 0 radical (unpaired) electrons. The Bertz CT molecular complexity index is 1340. The van der Waals surface area contributed by atoms with Crippen LogP contribution in [0, 0.1) is 20.2 Å². The Hall–Kier alpha value is -4.51. The minimum atomic E-state index is -0.778. The quantitative estimate of drug-likeness (QED) is 0.246. The molecule has 0 spiro atoms. The number of nitro benzene ring substituents is 2. The van der Waals surface area contributed by atoms with Crippen molar-refractivity contribution >= 4 is 40.4 Å². The number of rotatable bonds is 7. The van der Waals surface area contributed by atoms with Crippen LogP contribution in [0.5, 0.6) is 11.5 Å². The van der Waals surface area contributed by atoms with Gasteiger partial charge in [0, 0.05) is 11.6 Å². The summed E-state index contributed by atoms with van der Waals surface area (Å²) in [6, 6.07) is 18.6. The summed E-state index contributed by atoms with van der Waals surface area (Å²) in [6.45, 7) is 0.135. The van der Waals surface area contributed by atoms with Gasteiger partial charge >= 0.3 is 5.69 Å². The van der Waals surface area contributed by atoms with E-state index in [1.165, 1.54) is 12.1 Å². The Labute approximate surface area is 196 Å². The van der Waals surface area contributed by atoms with Gasteiger partial charge in [0.2, 0.25) is 5.75 Å². The molecular weight excluding hydrogens is 462 g/mol. The molecule has 10 nitrogen and oxygen atoms in total. The molecule has 0 aliphatic carbocycles. The number of nitro groups is 2. The summed E-state index contributed by atoms with van der Waals surface area (Å²) < 4.78 is 5.70. The molecule has 1 aliphatic heterocycles. The van der Waals surface area contributed by atoms with E-state index >= 15 is 0 Å². The van der Waals surface area contributed by atoms with Crippen LogP contribution in [0.25, 0.3) is 6.08 Å². The van der Waals surface area contributed by atoms with E-state index < -0.39 is 32.4 Å². The second-order valence-electron chi connectivity index (χ2n) is 7.06. The molecular formula is C23H15N3O7S. The minimum absolute atomic E-state index is 0.135. The lowest BCUT2D eigenvalue weighted by Crippen LogP contribution is -2.27. The summed E-state index contributed by atoms with van der Waals surface area (Å²) in [4.78, 5) is 47.5. The van der Waals surface area contributed by atoms with E-state index in [4.69, 9.17) is 4.74 Å². The number of non-ortho nitro benzene ring substituents is 1. The van der Waals surface area contributed by atoms with Gasteiger partial charge in [-0.1, -0.05) is 48.5 Å². The number of hydrogen-bond donors (Lipinski definition) is 0. The van der Waals surface area contributed by atoms with Crippen molar-refractivity contribution in [1.29, 1.82) is 0 Å². The van der Waals surface area contributed by atoms with Crippen molar-refractivity contribution in [1.82, 2.24) is 4.90 Å². The zero-order chi connectivity index (χ0) is 24.2. The first-order chi connectivity index (χ1) is 16.3. The monoisotopic (exact) mass is 477 g/mol. The highest BCUT2D eigenvalue weighted by Crippen LogP contribution is 2.38. The molecule has 1 saturated heterocycles. The van der Waals surface area contributed by atoms with Gasteiger partial charge < -0.3 is 4.74 Å². The second kappa shape index (κ2) is 9.55. The third kappa shape index (κ3) is 4.79. The van der Waals surface area contributed by atoms with Crippen LogP contribution in [0.2, 0.25) is 0 Å². The molecule has 3 aromatic carbocycles. The summed E-state index contributed by atoms with van der Waals surface area (Å²) in [5, 5.41) is 22.0. The maximum absolute atomic E-state index is 12.9. The van der Waals surface area contributed by atoms with Gasteiger partial charge in [0.05, 0.1) is 27.4 Å². The van der Waals surface area contributed by atoms with Gasteiger partial charge in [-0.3, -0.25) is 34.7 Å². The fraction of sp³-hybridized carbons (Fsp3) is 0.0435. The number of amides is 2. The zero-order valence-electron chi connectivity index (χ0n) is 17.3. The van der Waals surface area contributed by atoms with E-state index in [9.17, 15) is 29.8 Å². The molecule has 0 atom stereocenters. The summed E-state index contributed by atoms with van der Waals surface area (Å²) >= 11 is 0.784. The predicted molar refractivity (Wildman–Crippen MR) is 124 cm³/mol. The van der Waals surface area contributed by atoms with E-state index in [1.807, 2.05) is 30.3 Å². The van der Waals surface area contributed by atoms with Crippen molar-refractivity contribution in [3.05, 3.63) is 109 Å². The van der Waals surface area contributed by atoms with Crippen LogP contribution in [-0.4, -0.2) is 25.9 Å². The Morgan fingerprint density at radius 2 is 1.59 bits per heavy atom. The van der Waals surface area contributed by atoms with Crippen molar-refractivity contribution in [2.75, 3.05) is 0 Å². The van der Waals surface area contributed by atoms with Crippen molar-refractivity contribution in [2.24, 2.45) is 0 Å². The molecule has 0 unspecified atom stereocenters. The predicted octanol–water partition coefficient (Wildman–Crippen LogP) is 5.53. The molecule has 1 aliphatic rings. The molecule has 0 aromatic heterocycles. The smallest absolute Gasteiger partial charge is 0.318 e. The number of carbonyl (C=O) groups is 2. The van der Waals surface area contributed by atoms with Gasteiger partial charge in [-0.15, -0.1) is 0 Å². The van der Waals surface area contributed by atoms with Crippen LogP contribution >= 0.6 is 11.8 Å². The normalized spacial score (nSPS) is 14.5. The number of benzene rings is 3. The van der Waals surface area contributed by atoms with Crippen LogP contribution in [0.3, 0.4) is 0 Å². The Kier molecular flexibility index (Phi) is 6.37. The third-order valence-corrected chi connectivity index (χ3v) is 5.74. The molecule has 0 N–H and O–H groups in total. The van der Waals surface area contributed by atoms with Crippen molar-refractivity contribution < 1.29 is 24.2 Å². The lowest BCUT2D eigenvalue weighted by molar-refractivity contribution is -0.394. The molecule has 3 aromatic rings. The lowest BCUT2D eigenvalue weighted by Gasteiger charge is -2.12. The van der Waals surface area contributed by atoms with Crippen LogP contribution in [0.1, 0.15) is 11.1 Å². The van der Waals surface area contributed by atoms with E-state index in [0.717, 1.165) is 40.4 Å². The highest BCUT2D eigenvalue weighted by molar-refractivity contribution is 8.18. The molecule has 1 heterocycles. The van der Waals surface area contributed by atoms with Gasteiger partial charge in [-0.2, -0.15) is 0 Å². The van der Waals surface area contributed by atoms with Gasteiger partial charge in [0.25, 0.3) is 16.8 Å². The molecule has 0 saturated carbocycles. The molecule has 1 fully saturated rings. The first-order valence-corrected chi connectivity index (χ1v) is 10.6. The van der Waals surface area contributed by atoms with Crippen LogP contribution in [0.4, 0.5) is 16.2 Å². The summed E-state index contributed by atoms with van der Waals surface area (Å²) in [5.41, 5.74) is 0.187. The van der Waals surface area contributed by atoms with Crippen LogP contribution in [-0.2, 0) is 11.3 Å². The fourth-order valence-electron chi connectivity index (χ4n) is 3.20. The highest BCUT2D eigenvalue weighted by Gasteiger charge is 2.35. The van der Waals surface area contributed by atoms with Gasteiger partial charge in [-0.25, -0.2) is 0 Å². The molecule has 2 amide bonds. The summed E-state index contributed by atoms with van der Waals surface area (Å²) in [6.07, 6.45) is 1.47. The SMILES string of the molecule is O=C1S/C(=C\c2ccccc2Oc2ccc([N+](=O)[O-])cc2[N+](=O)[O-])C(=O)N1Cc1ccccc1. The Morgan fingerprint density at radius 1 is 0.882 bits per heavy atom. The number of ether oxygens (including phenoxy) is 1. The molecule has 170 valence electrons. The standard InChI is InChI=1S/C23H15N3O7S/c27-22-21(34-23(28)24(22)14-15-6-2-1-3-7-15)12-16-8-4-5-9-19(16)33-20-11-10-17(25(29)30)13-18(20)26(31)32/h1-13H,14H2/b21-12-. The average molecular weight is 477 g/mol. The third-order valence-electron chi connectivity index (χ3n) is 4.83. The second-order valence-corrected chi connectivity index (χ2v) is 8.05. The molecule has 0 bridgehead atoms. The Balaban J connectivity index is 1.62. The van der Waals surface area contributed by atoms with E-state index in [2.05, 4.69) is 0 Å². The van der Waals surface area contributed by atoms with Crippen molar-refractivity contribution in [3.8, 4) is 11.5 Å². The van der Waals surface area contributed by atoms with Crippen LogP contribution in [0.15, 0.2) is 77.7 Å². The zero-order valence-corrected chi connectivity index (χ0v) is 18.1.